The van der Waals surface area contributed by atoms with Gasteiger partial charge in [0, 0.05) is 12.2 Å². The van der Waals surface area contributed by atoms with E-state index in [-0.39, 0.29) is 0 Å². The molecule has 0 bridgehead atoms. The van der Waals surface area contributed by atoms with Crippen molar-refractivity contribution in [1.82, 2.24) is 14.5 Å². The van der Waals surface area contributed by atoms with Crippen molar-refractivity contribution >= 4 is 34.1 Å². The van der Waals surface area contributed by atoms with Crippen LogP contribution in [0.2, 0.25) is 0 Å². The average Bonchev–Trinajstić information content (AvgIpc) is 3.03. The van der Waals surface area contributed by atoms with E-state index in [4.69, 9.17) is 11.6 Å². The minimum atomic E-state index is 0.416. The van der Waals surface area contributed by atoms with Crippen LogP contribution >= 0.6 is 22.9 Å². The van der Waals surface area contributed by atoms with E-state index < -0.39 is 0 Å². The second-order valence-electron chi connectivity index (χ2n) is 4.49. The molecule has 0 fully saturated rings. The molecule has 98 valence electrons. The van der Waals surface area contributed by atoms with Crippen molar-refractivity contribution < 1.29 is 0 Å². The Labute approximate surface area is 120 Å². The summed E-state index contributed by atoms with van der Waals surface area (Å²) in [6.07, 6.45) is 0.981. The highest BCUT2D eigenvalue weighted by atomic mass is 35.5. The Morgan fingerprint density at radius 3 is 2.89 bits per heavy atom. The number of hydrogen-bond donors (Lipinski definition) is 0. The molecule has 0 unspecified atom stereocenters. The Morgan fingerprint density at radius 2 is 2.16 bits per heavy atom. The Hall–Kier alpha value is -1.39. The topological polar surface area (TPSA) is 30.7 Å². The van der Waals surface area contributed by atoms with E-state index in [1.54, 1.807) is 11.3 Å². The van der Waals surface area contributed by atoms with Gasteiger partial charge in [-0.1, -0.05) is 0 Å². The minimum Gasteiger partial charge on any atom is -0.311 e. The van der Waals surface area contributed by atoms with Crippen LogP contribution in [0.1, 0.15) is 17.1 Å². The molecule has 3 nitrogen and oxygen atoms in total. The van der Waals surface area contributed by atoms with Crippen molar-refractivity contribution in [3.8, 4) is 0 Å². The molecule has 5 heteroatoms. The number of pyridine rings is 1. The van der Waals surface area contributed by atoms with Crippen molar-refractivity contribution in [3.05, 3.63) is 46.0 Å². The van der Waals surface area contributed by atoms with Crippen molar-refractivity contribution in [3.63, 3.8) is 0 Å². The first-order valence-electron chi connectivity index (χ1n) is 6.18. The highest BCUT2D eigenvalue weighted by molar-refractivity contribution is 7.07. The van der Waals surface area contributed by atoms with Gasteiger partial charge in [-0.15, -0.1) is 11.6 Å². The molecule has 0 aromatic carbocycles. The van der Waals surface area contributed by atoms with Gasteiger partial charge in [0.2, 0.25) is 0 Å². The van der Waals surface area contributed by atoms with E-state index >= 15 is 0 Å². The van der Waals surface area contributed by atoms with Gasteiger partial charge in [-0.25, -0.2) is 9.97 Å². The Balaban J connectivity index is 1.97. The lowest BCUT2D eigenvalue weighted by atomic mass is 10.2. The van der Waals surface area contributed by atoms with E-state index in [0.29, 0.717) is 5.88 Å². The number of aromatic nitrogens is 3. The Bertz CT molecular complexity index is 688. The second kappa shape index (κ2) is 5.31. The lowest BCUT2D eigenvalue weighted by Crippen LogP contribution is -2.05. The van der Waals surface area contributed by atoms with Crippen molar-refractivity contribution in [2.45, 2.75) is 25.8 Å². The fraction of sp³-hybridized carbons (Fsp3) is 0.286. The van der Waals surface area contributed by atoms with Crippen LogP contribution in [0, 0.1) is 6.92 Å². The van der Waals surface area contributed by atoms with Crippen LogP contribution in [0.15, 0.2) is 29.0 Å². The standard InChI is InChI=1S/C14H14ClN3S/c1-10-2-3-12-14(16-10)18(13(8-15)17-12)6-4-11-5-7-19-9-11/h2-3,5,7,9H,4,6,8H2,1H3. The predicted octanol–water partition coefficient (Wildman–Crippen LogP) is 3.78. The summed E-state index contributed by atoms with van der Waals surface area (Å²) in [4.78, 5) is 9.13. The summed E-state index contributed by atoms with van der Waals surface area (Å²) in [6.45, 7) is 2.86. The van der Waals surface area contributed by atoms with E-state index in [1.165, 1.54) is 5.56 Å². The maximum absolute atomic E-state index is 5.99. The zero-order valence-electron chi connectivity index (χ0n) is 10.6. The first-order valence-corrected chi connectivity index (χ1v) is 7.65. The van der Waals surface area contributed by atoms with Gasteiger partial charge in [-0.3, -0.25) is 0 Å². The van der Waals surface area contributed by atoms with Crippen LogP contribution in [0.3, 0.4) is 0 Å². The summed E-state index contributed by atoms with van der Waals surface area (Å²) in [5.74, 6) is 1.31. The third-order valence-electron chi connectivity index (χ3n) is 3.13. The number of fused-ring (bicyclic) bond motifs is 1. The van der Waals surface area contributed by atoms with Gasteiger partial charge >= 0.3 is 0 Å². The van der Waals surface area contributed by atoms with E-state index in [1.807, 2.05) is 19.1 Å². The van der Waals surface area contributed by atoms with Gasteiger partial charge in [0.05, 0.1) is 5.88 Å². The number of alkyl halides is 1. The Morgan fingerprint density at radius 1 is 1.26 bits per heavy atom. The summed E-state index contributed by atoms with van der Waals surface area (Å²) in [7, 11) is 0. The van der Waals surface area contributed by atoms with Crippen molar-refractivity contribution in [2.24, 2.45) is 0 Å². The van der Waals surface area contributed by atoms with Crippen LogP contribution in [0.25, 0.3) is 11.2 Å². The molecule has 0 radical (unpaired) electrons. The van der Waals surface area contributed by atoms with Gasteiger partial charge in [-0.2, -0.15) is 11.3 Å². The predicted molar refractivity (Wildman–Crippen MR) is 79.8 cm³/mol. The summed E-state index contributed by atoms with van der Waals surface area (Å²) in [6, 6.07) is 6.15. The molecule has 0 spiro atoms. The monoisotopic (exact) mass is 291 g/mol. The second-order valence-corrected chi connectivity index (χ2v) is 5.54. The SMILES string of the molecule is Cc1ccc2nc(CCl)n(CCc3ccsc3)c2n1. The minimum absolute atomic E-state index is 0.416. The third kappa shape index (κ3) is 2.51. The number of thiophene rings is 1. The molecule has 19 heavy (non-hydrogen) atoms. The van der Waals surface area contributed by atoms with Crippen LogP contribution < -0.4 is 0 Å². The summed E-state index contributed by atoms with van der Waals surface area (Å²) >= 11 is 7.72. The van der Waals surface area contributed by atoms with E-state index in [9.17, 15) is 0 Å². The zero-order chi connectivity index (χ0) is 13.2. The fourth-order valence-electron chi connectivity index (χ4n) is 2.16. The lowest BCUT2D eigenvalue weighted by Gasteiger charge is -2.06. The summed E-state index contributed by atoms with van der Waals surface area (Å²) in [5.41, 5.74) is 4.21. The number of imidazole rings is 1. The molecular weight excluding hydrogens is 278 g/mol. The fourth-order valence-corrected chi connectivity index (χ4v) is 3.06. The van der Waals surface area contributed by atoms with Crippen LogP contribution in [-0.4, -0.2) is 14.5 Å². The maximum atomic E-state index is 5.99. The molecule has 3 aromatic heterocycles. The van der Waals surface area contributed by atoms with E-state index in [2.05, 4.69) is 31.4 Å². The normalized spacial score (nSPS) is 11.3. The molecule has 3 aromatic rings. The van der Waals surface area contributed by atoms with Gasteiger partial charge in [0.15, 0.2) is 5.65 Å². The lowest BCUT2D eigenvalue weighted by molar-refractivity contribution is 0.683. The van der Waals surface area contributed by atoms with Crippen LogP contribution in [0.4, 0.5) is 0 Å². The molecule has 0 amide bonds. The van der Waals surface area contributed by atoms with E-state index in [0.717, 1.165) is 35.6 Å². The molecule has 0 aliphatic carbocycles. The van der Waals surface area contributed by atoms with Gasteiger partial charge in [0.25, 0.3) is 0 Å². The Kier molecular flexibility index (Phi) is 3.53. The first kappa shape index (κ1) is 12.6. The summed E-state index contributed by atoms with van der Waals surface area (Å²) in [5, 5.41) is 4.28. The quantitative estimate of drug-likeness (QED) is 0.685. The highest BCUT2D eigenvalue weighted by Gasteiger charge is 2.11. The molecule has 0 N–H and O–H groups in total. The molecule has 0 saturated heterocycles. The highest BCUT2D eigenvalue weighted by Crippen LogP contribution is 2.18. The third-order valence-corrected chi connectivity index (χ3v) is 4.11. The molecule has 3 rings (SSSR count). The summed E-state index contributed by atoms with van der Waals surface area (Å²) < 4.78 is 2.13. The smallest absolute Gasteiger partial charge is 0.160 e. The van der Waals surface area contributed by atoms with Crippen LogP contribution in [0.5, 0.6) is 0 Å². The molecule has 3 heterocycles. The molecule has 0 saturated carbocycles. The van der Waals surface area contributed by atoms with Crippen LogP contribution in [-0.2, 0) is 18.8 Å². The first-order chi connectivity index (χ1) is 9.28. The largest absolute Gasteiger partial charge is 0.311 e. The molecule has 0 atom stereocenters. The maximum Gasteiger partial charge on any atom is 0.160 e. The molecular formula is C14H14ClN3S. The number of nitrogens with zero attached hydrogens (tertiary/aromatic N) is 3. The molecule has 0 aliphatic rings. The van der Waals surface area contributed by atoms with Gasteiger partial charge < -0.3 is 4.57 Å². The van der Waals surface area contributed by atoms with Crippen molar-refractivity contribution in [1.29, 1.82) is 0 Å². The zero-order valence-corrected chi connectivity index (χ0v) is 12.2. The molecule has 0 aliphatic heterocycles. The number of rotatable bonds is 4. The number of halogens is 1. The van der Waals surface area contributed by atoms with Gasteiger partial charge in [-0.05, 0) is 47.9 Å². The number of aryl methyl sites for hydroxylation is 3. The van der Waals surface area contributed by atoms with Gasteiger partial charge in [0.1, 0.15) is 11.3 Å². The average molecular weight is 292 g/mol. The number of hydrogen-bond acceptors (Lipinski definition) is 3. The van der Waals surface area contributed by atoms with Crippen molar-refractivity contribution in [2.75, 3.05) is 0 Å².